The van der Waals surface area contributed by atoms with Gasteiger partial charge in [-0.1, -0.05) is 27.7 Å². The first kappa shape index (κ1) is 13.1. The number of aromatic nitrogens is 2. The number of hydrogen-bond donors (Lipinski definition) is 0. The highest BCUT2D eigenvalue weighted by Gasteiger charge is 2.05. The molecule has 0 radical (unpaired) electrons. The summed E-state index contributed by atoms with van der Waals surface area (Å²) in [6.07, 6.45) is 3.46. The third kappa shape index (κ3) is 3.74. The maximum Gasteiger partial charge on any atom is 0.191 e. The highest BCUT2D eigenvalue weighted by molar-refractivity contribution is 9.09. The van der Waals surface area contributed by atoms with Gasteiger partial charge in [0.25, 0.3) is 0 Å². The zero-order chi connectivity index (χ0) is 8.97. The number of Topliss-reactive ketones (excluding diaryl/α,β-unsaturated/α-hetero) is 1. The van der Waals surface area contributed by atoms with E-state index in [1.54, 1.807) is 12.3 Å². The van der Waals surface area contributed by atoms with Crippen molar-refractivity contribution in [3.63, 3.8) is 0 Å². The molecule has 0 spiro atoms. The van der Waals surface area contributed by atoms with Crippen molar-refractivity contribution < 1.29 is 4.79 Å². The Labute approximate surface area is 99.6 Å². The van der Waals surface area contributed by atoms with Gasteiger partial charge in [0, 0.05) is 6.20 Å². The minimum atomic E-state index is -0.0206. The Bertz CT molecular complexity index is 296. The molecule has 6 heteroatoms. The normalized spacial score (nSPS) is 9.08. The van der Waals surface area contributed by atoms with Gasteiger partial charge in [0.1, 0.15) is 5.69 Å². The Morgan fingerprint density at radius 1 is 1.69 bits per heavy atom. The van der Waals surface area contributed by atoms with Gasteiger partial charge in [0.15, 0.2) is 10.9 Å². The van der Waals surface area contributed by atoms with Crippen LogP contribution in [0.5, 0.6) is 0 Å². The van der Waals surface area contributed by atoms with Crippen molar-refractivity contribution in [2.45, 2.75) is 5.16 Å². The SMILES string of the molecule is Br.CSc1nccc(C(=O)CBr)n1. The molecule has 0 aliphatic carbocycles. The first-order valence-corrected chi connectivity index (χ1v) is 5.58. The zero-order valence-corrected chi connectivity index (χ0v) is 11.0. The van der Waals surface area contributed by atoms with Crippen molar-refractivity contribution >= 4 is 50.5 Å². The summed E-state index contributed by atoms with van der Waals surface area (Å²) in [6.45, 7) is 0. The lowest BCUT2D eigenvalue weighted by molar-refractivity contribution is 0.101. The summed E-state index contributed by atoms with van der Waals surface area (Å²) in [5, 5.41) is 0.930. The molecule has 72 valence electrons. The smallest absolute Gasteiger partial charge is 0.191 e. The van der Waals surface area contributed by atoms with Gasteiger partial charge in [-0.25, -0.2) is 9.97 Å². The lowest BCUT2D eigenvalue weighted by Crippen LogP contribution is -2.04. The summed E-state index contributed by atoms with van der Waals surface area (Å²) in [4.78, 5) is 19.1. The van der Waals surface area contributed by atoms with E-state index in [0.29, 0.717) is 16.2 Å². The van der Waals surface area contributed by atoms with Crippen LogP contribution in [-0.4, -0.2) is 27.3 Å². The molecule has 0 amide bonds. The second kappa shape index (κ2) is 6.50. The Morgan fingerprint density at radius 3 is 2.92 bits per heavy atom. The van der Waals surface area contributed by atoms with Crippen LogP contribution >= 0.6 is 44.7 Å². The van der Waals surface area contributed by atoms with E-state index in [2.05, 4.69) is 25.9 Å². The molecular formula is C7H8Br2N2OS. The average molecular weight is 328 g/mol. The van der Waals surface area contributed by atoms with Crippen LogP contribution in [0.15, 0.2) is 17.4 Å². The van der Waals surface area contributed by atoms with Crippen LogP contribution < -0.4 is 0 Å². The molecule has 13 heavy (non-hydrogen) atoms. The van der Waals surface area contributed by atoms with Gasteiger partial charge in [-0.2, -0.15) is 0 Å². The van der Waals surface area contributed by atoms with Gasteiger partial charge < -0.3 is 0 Å². The van der Waals surface area contributed by atoms with Crippen LogP contribution in [0.3, 0.4) is 0 Å². The second-order valence-electron chi connectivity index (χ2n) is 1.99. The Morgan fingerprint density at radius 2 is 2.38 bits per heavy atom. The highest BCUT2D eigenvalue weighted by Crippen LogP contribution is 2.08. The first-order chi connectivity index (χ1) is 5.77. The number of alkyl halides is 1. The molecule has 0 unspecified atom stereocenters. The zero-order valence-electron chi connectivity index (χ0n) is 6.86. The third-order valence-corrected chi connectivity index (χ3v) is 2.29. The fraction of sp³-hybridized carbons (Fsp3) is 0.286. The quantitative estimate of drug-likeness (QED) is 0.370. The average Bonchev–Trinajstić information content (AvgIpc) is 2.17. The molecule has 1 heterocycles. The van der Waals surface area contributed by atoms with Crippen molar-refractivity contribution in [1.29, 1.82) is 0 Å². The number of ketones is 1. The van der Waals surface area contributed by atoms with Crippen LogP contribution in [0.1, 0.15) is 10.5 Å². The number of carbonyl (C=O) groups is 1. The number of rotatable bonds is 3. The Balaban J connectivity index is 0.00000144. The van der Waals surface area contributed by atoms with Gasteiger partial charge in [0.05, 0.1) is 5.33 Å². The first-order valence-electron chi connectivity index (χ1n) is 3.24. The van der Waals surface area contributed by atoms with E-state index >= 15 is 0 Å². The predicted molar refractivity (Wildman–Crippen MR) is 62.3 cm³/mol. The molecule has 0 aromatic carbocycles. The van der Waals surface area contributed by atoms with E-state index in [0.717, 1.165) is 0 Å². The molecule has 0 N–H and O–H groups in total. The van der Waals surface area contributed by atoms with Crippen molar-refractivity contribution in [3.05, 3.63) is 18.0 Å². The number of thioether (sulfide) groups is 1. The van der Waals surface area contributed by atoms with Crippen molar-refractivity contribution in [3.8, 4) is 0 Å². The van der Waals surface area contributed by atoms with Gasteiger partial charge in [0.2, 0.25) is 0 Å². The Hall–Kier alpha value is 0.0600. The molecule has 0 aliphatic heterocycles. The fourth-order valence-corrected chi connectivity index (χ4v) is 1.31. The summed E-state index contributed by atoms with van der Waals surface area (Å²) in [5.74, 6) is -0.0206. The van der Waals surface area contributed by atoms with Crippen molar-refractivity contribution in [1.82, 2.24) is 9.97 Å². The van der Waals surface area contributed by atoms with E-state index in [1.165, 1.54) is 11.8 Å². The predicted octanol–water partition coefficient (Wildman–Crippen LogP) is 2.35. The number of carbonyl (C=O) groups excluding carboxylic acids is 1. The van der Waals surface area contributed by atoms with E-state index in [-0.39, 0.29) is 22.8 Å². The van der Waals surface area contributed by atoms with Gasteiger partial charge in [-0.15, -0.1) is 17.0 Å². The van der Waals surface area contributed by atoms with E-state index in [9.17, 15) is 4.79 Å². The molecule has 0 saturated heterocycles. The lowest BCUT2D eigenvalue weighted by atomic mass is 10.3. The third-order valence-electron chi connectivity index (χ3n) is 1.22. The van der Waals surface area contributed by atoms with E-state index in [1.807, 2.05) is 6.26 Å². The van der Waals surface area contributed by atoms with Crippen LogP contribution in [-0.2, 0) is 0 Å². The van der Waals surface area contributed by atoms with Crippen LogP contribution in [0.4, 0.5) is 0 Å². The van der Waals surface area contributed by atoms with Crippen molar-refractivity contribution in [2.24, 2.45) is 0 Å². The van der Waals surface area contributed by atoms with E-state index < -0.39 is 0 Å². The van der Waals surface area contributed by atoms with Crippen LogP contribution in [0.2, 0.25) is 0 Å². The molecule has 1 aromatic rings. The van der Waals surface area contributed by atoms with Crippen molar-refractivity contribution in [2.75, 3.05) is 11.6 Å². The molecule has 0 bridgehead atoms. The molecule has 1 aromatic heterocycles. The largest absolute Gasteiger partial charge is 0.291 e. The topological polar surface area (TPSA) is 42.9 Å². The fourth-order valence-electron chi connectivity index (χ4n) is 0.663. The summed E-state index contributed by atoms with van der Waals surface area (Å²) < 4.78 is 0. The standard InChI is InChI=1S/C7H7BrN2OS.BrH/c1-12-7-9-3-2-5(10-7)6(11)4-8;/h2-3H,4H2,1H3;1H. The molecule has 0 atom stereocenters. The molecule has 0 fully saturated rings. The van der Waals surface area contributed by atoms with Gasteiger partial charge >= 0.3 is 0 Å². The molecule has 0 saturated carbocycles. The number of hydrogen-bond acceptors (Lipinski definition) is 4. The number of nitrogens with zero attached hydrogens (tertiary/aromatic N) is 2. The summed E-state index contributed by atoms with van der Waals surface area (Å²) >= 11 is 4.50. The molecule has 1 rings (SSSR count). The van der Waals surface area contributed by atoms with Crippen LogP contribution in [0, 0.1) is 0 Å². The highest BCUT2D eigenvalue weighted by atomic mass is 79.9. The maximum absolute atomic E-state index is 11.1. The summed E-state index contributed by atoms with van der Waals surface area (Å²) in [6, 6.07) is 1.61. The monoisotopic (exact) mass is 326 g/mol. The lowest BCUT2D eigenvalue weighted by Gasteiger charge is -1.97. The summed E-state index contributed by atoms with van der Waals surface area (Å²) in [7, 11) is 0. The Kier molecular flexibility index (Phi) is 6.53. The molecule has 0 aliphatic rings. The molecule has 3 nitrogen and oxygen atoms in total. The second-order valence-corrected chi connectivity index (χ2v) is 3.32. The molecular weight excluding hydrogens is 320 g/mol. The minimum Gasteiger partial charge on any atom is -0.291 e. The van der Waals surface area contributed by atoms with E-state index in [4.69, 9.17) is 0 Å². The maximum atomic E-state index is 11.1. The summed E-state index contributed by atoms with van der Waals surface area (Å²) in [5.41, 5.74) is 0.464. The number of halogens is 2. The van der Waals surface area contributed by atoms with Crippen LogP contribution in [0.25, 0.3) is 0 Å². The van der Waals surface area contributed by atoms with Gasteiger partial charge in [-0.05, 0) is 12.3 Å². The van der Waals surface area contributed by atoms with Gasteiger partial charge in [-0.3, -0.25) is 4.79 Å². The minimum absolute atomic E-state index is 0.